The summed E-state index contributed by atoms with van der Waals surface area (Å²) in [5.74, 6) is -0.964. The third-order valence-electron chi connectivity index (χ3n) is 4.16. The number of aliphatic hydroxyl groups is 2. The number of rotatable bonds is 3. The molecule has 6 nitrogen and oxygen atoms in total. The Kier molecular flexibility index (Phi) is 4.12. The summed E-state index contributed by atoms with van der Waals surface area (Å²) in [6, 6.07) is 10.4. The van der Waals surface area contributed by atoms with Crippen molar-refractivity contribution < 1.29 is 30.3 Å². The van der Waals surface area contributed by atoms with Gasteiger partial charge in [-0.2, -0.15) is 0 Å². The molecule has 2 aromatic rings. The molecular formula is C17H18O6. The van der Waals surface area contributed by atoms with Gasteiger partial charge in [-0.25, -0.2) is 0 Å². The molecule has 0 saturated carbocycles. The Morgan fingerprint density at radius 1 is 0.957 bits per heavy atom. The van der Waals surface area contributed by atoms with Gasteiger partial charge in [-0.15, -0.1) is 0 Å². The highest BCUT2D eigenvalue weighted by molar-refractivity contribution is 5.42. The molecule has 122 valence electrons. The van der Waals surface area contributed by atoms with E-state index in [-0.39, 0.29) is 23.9 Å². The molecule has 23 heavy (non-hydrogen) atoms. The van der Waals surface area contributed by atoms with Crippen molar-refractivity contribution >= 4 is 0 Å². The van der Waals surface area contributed by atoms with E-state index in [1.807, 2.05) is 0 Å². The molecule has 0 bridgehead atoms. The first-order chi connectivity index (χ1) is 11.0. The zero-order chi connectivity index (χ0) is 16.6. The quantitative estimate of drug-likeness (QED) is 0.547. The predicted molar refractivity (Wildman–Crippen MR) is 81.3 cm³/mol. The van der Waals surface area contributed by atoms with Crippen molar-refractivity contribution in [3.05, 3.63) is 53.6 Å². The van der Waals surface area contributed by atoms with Gasteiger partial charge in [0.15, 0.2) is 11.5 Å². The fourth-order valence-corrected chi connectivity index (χ4v) is 2.95. The fourth-order valence-electron chi connectivity index (χ4n) is 2.95. The van der Waals surface area contributed by atoms with Crippen molar-refractivity contribution in [2.45, 2.75) is 24.2 Å². The van der Waals surface area contributed by atoms with E-state index in [1.165, 1.54) is 30.3 Å². The first-order valence-electron chi connectivity index (χ1n) is 7.26. The Balaban J connectivity index is 1.90. The van der Waals surface area contributed by atoms with Crippen molar-refractivity contribution in [3.8, 4) is 17.2 Å². The Labute approximate surface area is 132 Å². The van der Waals surface area contributed by atoms with Crippen LogP contribution in [0.4, 0.5) is 0 Å². The van der Waals surface area contributed by atoms with Crippen molar-refractivity contribution in [2.75, 3.05) is 6.61 Å². The smallest absolute Gasteiger partial charge is 0.157 e. The van der Waals surface area contributed by atoms with Gasteiger partial charge in [-0.1, -0.05) is 18.2 Å². The monoisotopic (exact) mass is 318 g/mol. The summed E-state index contributed by atoms with van der Waals surface area (Å²) in [6.45, 7) is 0.0807. The molecule has 3 rings (SSSR count). The number of hydrogen-bond acceptors (Lipinski definition) is 6. The summed E-state index contributed by atoms with van der Waals surface area (Å²) in [7, 11) is 0. The fraction of sp³-hybridized carbons (Fsp3) is 0.294. The highest BCUT2D eigenvalue weighted by Gasteiger charge is 2.42. The van der Waals surface area contributed by atoms with E-state index in [9.17, 15) is 25.5 Å². The van der Waals surface area contributed by atoms with Crippen LogP contribution in [0.25, 0.3) is 0 Å². The molecule has 1 heterocycles. The number of benzene rings is 2. The van der Waals surface area contributed by atoms with Crippen LogP contribution in [-0.2, 0) is 4.74 Å². The van der Waals surface area contributed by atoms with Gasteiger partial charge in [0.2, 0.25) is 0 Å². The number of ether oxygens (including phenoxy) is 1. The molecule has 0 aromatic heterocycles. The predicted octanol–water partition coefficient (Wildman–Crippen LogP) is 1.38. The maximum Gasteiger partial charge on any atom is 0.157 e. The van der Waals surface area contributed by atoms with E-state index in [0.717, 1.165) is 5.56 Å². The Hall–Kier alpha value is -2.28. The normalized spacial score (nSPS) is 25.4. The SMILES string of the molecule is Oc1ccc([C@@H]2[C@@H]([C@@H](O)c3ccc(O)c(O)c3)OC[C@@H]2O)cc1. The summed E-state index contributed by atoms with van der Waals surface area (Å²) in [5.41, 5.74) is 1.11. The molecule has 0 unspecified atom stereocenters. The minimum atomic E-state index is -1.09. The molecular weight excluding hydrogens is 300 g/mol. The summed E-state index contributed by atoms with van der Waals surface area (Å²) in [5, 5.41) is 49.1. The van der Waals surface area contributed by atoms with Gasteiger partial charge in [0.05, 0.1) is 18.8 Å². The van der Waals surface area contributed by atoms with Crippen LogP contribution in [0.2, 0.25) is 0 Å². The number of hydrogen-bond donors (Lipinski definition) is 5. The molecule has 1 fully saturated rings. The average Bonchev–Trinajstić information content (AvgIpc) is 2.92. The Morgan fingerprint density at radius 3 is 2.30 bits per heavy atom. The molecule has 6 heteroatoms. The van der Waals surface area contributed by atoms with Gasteiger partial charge in [-0.05, 0) is 35.4 Å². The third-order valence-corrected chi connectivity index (χ3v) is 4.16. The van der Waals surface area contributed by atoms with Crippen LogP contribution in [-0.4, -0.2) is 44.3 Å². The Morgan fingerprint density at radius 2 is 1.65 bits per heavy atom. The van der Waals surface area contributed by atoms with Crippen LogP contribution < -0.4 is 0 Å². The molecule has 2 aromatic carbocycles. The lowest BCUT2D eigenvalue weighted by Crippen LogP contribution is -2.27. The minimum Gasteiger partial charge on any atom is -0.508 e. The van der Waals surface area contributed by atoms with Gasteiger partial charge >= 0.3 is 0 Å². The number of phenols is 3. The largest absolute Gasteiger partial charge is 0.508 e. The van der Waals surface area contributed by atoms with Crippen LogP contribution in [0.3, 0.4) is 0 Å². The maximum absolute atomic E-state index is 10.6. The molecule has 1 aliphatic rings. The van der Waals surface area contributed by atoms with Gasteiger partial charge in [0, 0.05) is 5.92 Å². The lowest BCUT2D eigenvalue weighted by molar-refractivity contribution is -0.0100. The first kappa shape index (κ1) is 15.6. The summed E-state index contributed by atoms with van der Waals surface area (Å²) in [4.78, 5) is 0. The van der Waals surface area contributed by atoms with E-state index in [1.54, 1.807) is 12.1 Å². The Bertz CT molecular complexity index is 684. The van der Waals surface area contributed by atoms with Crippen molar-refractivity contribution in [1.29, 1.82) is 0 Å². The second kappa shape index (κ2) is 6.08. The molecule has 0 radical (unpaired) electrons. The van der Waals surface area contributed by atoms with Gasteiger partial charge in [0.25, 0.3) is 0 Å². The lowest BCUT2D eigenvalue weighted by atomic mass is 9.86. The van der Waals surface area contributed by atoms with Crippen LogP contribution in [0.15, 0.2) is 42.5 Å². The molecule has 1 aliphatic heterocycles. The average molecular weight is 318 g/mol. The zero-order valence-corrected chi connectivity index (χ0v) is 12.2. The van der Waals surface area contributed by atoms with E-state index >= 15 is 0 Å². The van der Waals surface area contributed by atoms with E-state index < -0.39 is 24.2 Å². The second-order valence-electron chi connectivity index (χ2n) is 5.68. The van der Waals surface area contributed by atoms with E-state index in [4.69, 9.17) is 4.74 Å². The molecule has 1 saturated heterocycles. The summed E-state index contributed by atoms with van der Waals surface area (Å²) in [6.07, 6.45) is -2.58. The van der Waals surface area contributed by atoms with Crippen LogP contribution in [0.5, 0.6) is 17.2 Å². The molecule has 0 aliphatic carbocycles. The summed E-state index contributed by atoms with van der Waals surface area (Å²) < 4.78 is 5.54. The van der Waals surface area contributed by atoms with E-state index in [2.05, 4.69) is 0 Å². The molecule has 4 atom stereocenters. The van der Waals surface area contributed by atoms with Gasteiger partial charge in [-0.3, -0.25) is 0 Å². The number of aromatic hydroxyl groups is 3. The van der Waals surface area contributed by atoms with E-state index in [0.29, 0.717) is 5.56 Å². The van der Waals surface area contributed by atoms with Crippen molar-refractivity contribution in [2.24, 2.45) is 0 Å². The summed E-state index contributed by atoms with van der Waals surface area (Å²) >= 11 is 0. The highest BCUT2D eigenvalue weighted by Crippen LogP contribution is 2.40. The lowest BCUT2D eigenvalue weighted by Gasteiger charge is -2.25. The minimum absolute atomic E-state index is 0.0807. The molecule has 0 spiro atoms. The van der Waals surface area contributed by atoms with Gasteiger partial charge < -0.3 is 30.3 Å². The zero-order valence-electron chi connectivity index (χ0n) is 12.2. The highest BCUT2D eigenvalue weighted by atomic mass is 16.5. The van der Waals surface area contributed by atoms with Crippen molar-refractivity contribution in [3.63, 3.8) is 0 Å². The number of phenolic OH excluding ortho intramolecular Hbond substituents is 3. The van der Waals surface area contributed by atoms with Gasteiger partial charge in [0.1, 0.15) is 11.9 Å². The van der Waals surface area contributed by atoms with Crippen LogP contribution in [0.1, 0.15) is 23.1 Å². The molecule has 0 amide bonds. The van der Waals surface area contributed by atoms with Crippen LogP contribution >= 0.6 is 0 Å². The second-order valence-corrected chi connectivity index (χ2v) is 5.68. The maximum atomic E-state index is 10.6. The molecule has 5 N–H and O–H groups in total. The van der Waals surface area contributed by atoms with Crippen molar-refractivity contribution in [1.82, 2.24) is 0 Å². The van der Waals surface area contributed by atoms with Crippen LogP contribution in [0, 0.1) is 0 Å². The first-order valence-corrected chi connectivity index (χ1v) is 7.26. The number of aliphatic hydroxyl groups excluding tert-OH is 2. The third kappa shape index (κ3) is 2.96. The topological polar surface area (TPSA) is 110 Å². The standard InChI is InChI=1S/C17H18O6/c18-11-4-1-9(2-5-11)15-14(21)8-23-17(15)16(22)10-3-6-12(19)13(20)7-10/h1-7,14-22H,8H2/t14-,15-,16-,17-/m0/s1.